The molecule has 0 spiro atoms. The van der Waals surface area contributed by atoms with Crippen molar-refractivity contribution in [3.05, 3.63) is 74.0 Å². The zero-order valence-corrected chi connectivity index (χ0v) is 18.6. The number of carbonyl (C=O) groups is 1. The number of rotatable bonds is 6. The number of nitrogens with zero attached hydrogens (tertiary/aromatic N) is 4. The SMILES string of the molecule is O=C(CSc1nnc2n(Cc3cccs3)c(=O)c3sccc3n12)Nc1ccc(F)cc1F. The Bertz CT molecular complexity index is 1510. The molecule has 1 N–H and O–H groups in total. The van der Waals surface area contributed by atoms with Crippen LogP contribution in [0, 0.1) is 11.6 Å². The van der Waals surface area contributed by atoms with Crippen molar-refractivity contribution in [2.24, 2.45) is 0 Å². The third kappa shape index (κ3) is 3.80. The first-order valence-corrected chi connectivity index (χ1v) is 12.0. The molecule has 0 saturated carbocycles. The van der Waals surface area contributed by atoms with Crippen molar-refractivity contribution in [3.63, 3.8) is 0 Å². The summed E-state index contributed by atoms with van der Waals surface area (Å²) in [7, 11) is 0. The van der Waals surface area contributed by atoms with Crippen molar-refractivity contribution in [1.82, 2.24) is 19.2 Å². The van der Waals surface area contributed by atoms with Gasteiger partial charge in [0, 0.05) is 10.9 Å². The van der Waals surface area contributed by atoms with Gasteiger partial charge in [-0.3, -0.25) is 18.6 Å². The molecule has 0 radical (unpaired) electrons. The predicted octanol–water partition coefficient (Wildman–Crippen LogP) is 4.22. The zero-order valence-electron chi connectivity index (χ0n) is 16.1. The van der Waals surface area contributed by atoms with Crippen LogP contribution in [0.25, 0.3) is 16.0 Å². The highest BCUT2D eigenvalue weighted by Crippen LogP contribution is 2.25. The molecular weight excluding hydrogens is 476 g/mol. The molecule has 7 nitrogen and oxygen atoms in total. The maximum absolute atomic E-state index is 13.8. The number of thioether (sulfide) groups is 1. The Morgan fingerprint density at radius 2 is 2.00 bits per heavy atom. The van der Waals surface area contributed by atoms with Crippen molar-refractivity contribution in [1.29, 1.82) is 0 Å². The minimum atomic E-state index is -0.853. The van der Waals surface area contributed by atoms with Crippen LogP contribution < -0.4 is 10.9 Å². The van der Waals surface area contributed by atoms with Gasteiger partial charge in [-0.25, -0.2) is 8.78 Å². The van der Waals surface area contributed by atoms with E-state index in [1.165, 1.54) is 11.3 Å². The molecule has 1 aromatic carbocycles. The van der Waals surface area contributed by atoms with Gasteiger partial charge in [-0.15, -0.1) is 32.9 Å². The number of halogens is 2. The second-order valence-electron chi connectivity index (χ2n) is 6.68. The molecule has 0 aliphatic rings. The molecule has 0 aliphatic heterocycles. The third-order valence-electron chi connectivity index (χ3n) is 4.61. The molecule has 0 fully saturated rings. The topological polar surface area (TPSA) is 81.3 Å². The van der Waals surface area contributed by atoms with E-state index in [-0.39, 0.29) is 17.0 Å². The Labute approximate surface area is 191 Å². The van der Waals surface area contributed by atoms with Gasteiger partial charge in [0.25, 0.3) is 5.56 Å². The molecule has 1 amide bonds. The summed E-state index contributed by atoms with van der Waals surface area (Å²) in [6.07, 6.45) is 0. The second-order valence-corrected chi connectivity index (χ2v) is 9.58. The lowest BCUT2D eigenvalue weighted by Crippen LogP contribution is -2.22. The molecule has 32 heavy (non-hydrogen) atoms. The summed E-state index contributed by atoms with van der Waals surface area (Å²) in [5, 5.41) is 15.0. The minimum Gasteiger partial charge on any atom is -0.323 e. The van der Waals surface area contributed by atoms with Gasteiger partial charge in [0.15, 0.2) is 5.16 Å². The lowest BCUT2D eigenvalue weighted by atomic mass is 10.3. The van der Waals surface area contributed by atoms with Crippen LogP contribution in [0.3, 0.4) is 0 Å². The van der Waals surface area contributed by atoms with E-state index in [9.17, 15) is 18.4 Å². The summed E-state index contributed by atoms with van der Waals surface area (Å²) < 4.78 is 30.7. The van der Waals surface area contributed by atoms with Crippen molar-refractivity contribution < 1.29 is 13.6 Å². The summed E-state index contributed by atoms with van der Waals surface area (Å²) in [5.41, 5.74) is 0.410. The number of hydrogen-bond acceptors (Lipinski definition) is 7. The Kier molecular flexibility index (Phi) is 5.49. The number of thiophene rings is 2. The normalized spacial score (nSPS) is 11.4. The monoisotopic (exact) mass is 489 g/mol. The molecule has 5 aromatic rings. The molecule has 0 bridgehead atoms. The van der Waals surface area contributed by atoms with Crippen LogP contribution in [0.4, 0.5) is 14.5 Å². The molecule has 12 heteroatoms. The number of carbonyl (C=O) groups excluding carboxylic acids is 1. The number of benzene rings is 1. The van der Waals surface area contributed by atoms with E-state index < -0.39 is 17.5 Å². The lowest BCUT2D eigenvalue weighted by molar-refractivity contribution is -0.113. The van der Waals surface area contributed by atoms with Crippen molar-refractivity contribution in [3.8, 4) is 0 Å². The van der Waals surface area contributed by atoms with E-state index >= 15 is 0 Å². The summed E-state index contributed by atoms with van der Waals surface area (Å²) >= 11 is 3.98. The number of amides is 1. The first kappa shape index (κ1) is 20.8. The van der Waals surface area contributed by atoms with E-state index in [2.05, 4.69) is 15.5 Å². The van der Waals surface area contributed by atoms with Gasteiger partial charge in [0.05, 0.1) is 23.5 Å². The molecule has 0 aliphatic carbocycles. The number of anilines is 1. The maximum atomic E-state index is 13.8. The fraction of sp³-hybridized carbons (Fsp3) is 0.100. The van der Waals surface area contributed by atoms with Gasteiger partial charge in [-0.2, -0.15) is 0 Å². The van der Waals surface area contributed by atoms with E-state index in [1.807, 2.05) is 29.0 Å². The van der Waals surface area contributed by atoms with Gasteiger partial charge in [-0.1, -0.05) is 17.8 Å². The Morgan fingerprint density at radius 1 is 1.12 bits per heavy atom. The van der Waals surface area contributed by atoms with Gasteiger partial charge >= 0.3 is 0 Å². The number of nitrogens with one attached hydrogen (secondary N) is 1. The highest BCUT2D eigenvalue weighted by Gasteiger charge is 2.19. The number of fused-ring (bicyclic) bond motifs is 3. The Balaban J connectivity index is 1.45. The average molecular weight is 490 g/mol. The Hall–Kier alpha value is -3.09. The van der Waals surface area contributed by atoms with Crippen LogP contribution in [0.2, 0.25) is 0 Å². The molecule has 162 valence electrons. The lowest BCUT2D eigenvalue weighted by Gasteiger charge is -2.09. The summed E-state index contributed by atoms with van der Waals surface area (Å²) in [6.45, 7) is 0.362. The average Bonchev–Trinajstić information content (AvgIpc) is 3.52. The second kappa shape index (κ2) is 8.45. The van der Waals surface area contributed by atoms with Crippen molar-refractivity contribution >= 4 is 62.0 Å². The molecule has 0 unspecified atom stereocenters. The third-order valence-corrected chi connectivity index (χ3v) is 7.30. The van der Waals surface area contributed by atoms with Crippen LogP contribution in [0.1, 0.15) is 4.88 Å². The van der Waals surface area contributed by atoms with E-state index in [1.54, 1.807) is 20.3 Å². The van der Waals surface area contributed by atoms with Gasteiger partial charge in [-0.05, 0) is 35.0 Å². The van der Waals surface area contributed by atoms with Crippen LogP contribution in [0.5, 0.6) is 0 Å². The Morgan fingerprint density at radius 3 is 2.78 bits per heavy atom. The highest BCUT2D eigenvalue weighted by molar-refractivity contribution is 7.99. The van der Waals surface area contributed by atoms with E-state index in [0.29, 0.717) is 33.8 Å². The fourth-order valence-corrected chi connectivity index (χ4v) is 5.46. The van der Waals surface area contributed by atoms with E-state index in [0.717, 1.165) is 28.8 Å². The zero-order chi connectivity index (χ0) is 22.2. The van der Waals surface area contributed by atoms with E-state index in [4.69, 9.17) is 0 Å². The molecule has 4 heterocycles. The summed E-state index contributed by atoms with van der Waals surface area (Å²) in [4.78, 5) is 26.4. The fourth-order valence-electron chi connectivity index (χ4n) is 3.20. The standard InChI is InChI=1S/C20H13F2N5O2S3/c21-11-3-4-14(13(22)8-11)23-16(28)10-32-20-25-24-19-26(9-12-2-1-6-30-12)18(29)17-15(27(19)20)5-7-31-17/h1-8H,9-10H2,(H,23,28). The first-order chi connectivity index (χ1) is 15.5. The van der Waals surface area contributed by atoms with Crippen LogP contribution >= 0.6 is 34.4 Å². The maximum Gasteiger partial charge on any atom is 0.273 e. The molecular formula is C20H13F2N5O2S3. The highest BCUT2D eigenvalue weighted by atomic mass is 32.2. The predicted molar refractivity (Wildman–Crippen MR) is 122 cm³/mol. The largest absolute Gasteiger partial charge is 0.323 e. The summed E-state index contributed by atoms with van der Waals surface area (Å²) in [6, 6.07) is 8.60. The first-order valence-electron chi connectivity index (χ1n) is 9.26. The minimum absolute atomic E-state index is 0.0761. The van der Waals surface area contributed by atoms with Gasteiger partial charge in [0.1, 0.15) is 16.3 Å². The molecule has 0 atom stereocenters. The van der Waals surface area contributed by atoms with Crippen molar-refractivity contribution in [2.75, 3.05) is 11.1 Å². The molecule has 5 rings (SSSR count). The van der Waals surface area contributed by atoms with Crippen molar-refractivity contribution in [2.45, 2.75) is 11.7 Å². The van der Waals surface area contributed by atoms with Crippen LogP contribution in [0.15, 0.2) is 57.1 Å². The number of aromatic nitrogens is 4. The molecule has 4 aromatic heterocycles. The quantitative estimate of drug-likeness (QED) is 0.361. The van der Waals surface area contributed by atoms with Crippen LogP contribution in [-0.2, 0) is 11.3 Å². The van der Waals surface area contributed by atoms with Gasteiger partial charge < -0.3 is 5.32 Å². The molecule has 0 saturated heterocycles. The summed E-state index contributed by atoms with van der Waals surface area (Å²) in [5.74, 6) is -1.76. The number of hydrogen-bond donors (Lipinski definition) is 1. The van der Waals surface area contributed by atoms with Crippen LogP contribution in [-0.4, -0.2) is 30.8 Å². The smallest absolute Gasteiger partial charge is 0.273 e. The van der Waals surface area contributed by atoms with Gasteiger partial charge in [0.2, 0.25) is 11.7 Å².